The van der Waals surface area contributed by atoms with Gasteiger partial charge in [-0.2, -0.15) is 0 Å². The number of piperazine rings is 1. The average Bonchev–Trinajstić information content (AvgIpc) is 3.34. The van der Waals surface area contributed by atoms with Crippen molar-refractivity contribution in [3.8, 4) is 10.6 Å². The van der Waals surface area contributed by atoms with Gasteiger partial charge in [-0.05, 0) is 36.7 Å². The largest absolute Gasteiger partial charge is 0.365 e. The van der Waals surface area contributed by atoms with E-state index in [-0.39, 0.29) is 12.2 Å². The Labute approximate surface area is 196 Å². The molecule has 8 nitrogen and oxygen atoms in total. The first-order valence-corrected chi connectivity index (χ1v) is 11.7. The molecule has 1 N–H and O–H groups in total. The molecule has 1 saturated heterocycles. The number of nitrogens with one attached hydrogen (secondary N) is 1. The number of Topliss-reactive ketones (excluding diaryl/α,β-unsaturated/α-hetero) is 1. The van der Waals surface area contributed by atoms with Crippen LogP contribution in [0.15, 0.2) is 49.1 Å². The molecular weight excluding hydrogens is 434 g/mol. The predicted molar refractivity (Wildman–Crippen MR) is 132 cm³/mol. The summed E-state index contributed by atoms with van der Waals surface area (Å²) in [6.45, 7) is 3.82. The summed E-state index contributed by atoms with van der Waals surface area (Å²) in [7, 11) is 3.97. The molecule has 9 heteroatoms. The summed E-state index contributed by atoms with van der Waals surface area (Å²) in [4.78, 5) is 36.4. The Morgan fingerprint density at radius 1 is 1.00 bits per heavy atom. The van der Waals surface area contributed by atoms with Gasteiger partial charge in [0.05, 0.1) is 17.0 Å². The van der Waals surface area contributed by atoms with E-state index in [1.807, 2.05) is 37.6 Å². The van der Waals surface area contributed by atoms with Crippen molar-refractivity contribution in [3.63, 3.8) is 0 Å². The fourth-order valence-electron chi connectivity index (χ4n) is 3.89. The molecule has 0 atom stereocenters. The zero-order valence-corrected chi connectivity index (χ0v) is 19.5. The summed E-state index contributed by atoms with van der Waals surface area (Å²) >= 11 is 1.55. The Balaban J connectivity index is 1.35. The molecule has 0 bridgehead atoms. The zero-order valence-electron chi connectivity index (χ0n) is 18.7. The number of carbonyl (C=O) groups is 1. The fourth-order valence-corrected chi connectivity index (χ4v) is 4.63. The summed E-state index contributed by atoms with van der Waals surface area (Å²) in [6.07, 6.45) is 7.37. The van der Waals surface area contributed by atoms with Gasteiger partial charge >= 0.3 is 0 Å². The molecule has 4 aromatic heterocycles. The Hall–Kier alpha value is -3.43. The van der Waals surface area contributed by atoms with Gasteiger partial charge in [0, 0.05) is 74.7 Å². The van der Waals surface area contributed by atoms with E-state index in [1.165, 1.54) is 0 Å². The standard InChI is InChI=1S/C24H25N7OS/c1-25-24-29-15-22(33-24)20-10-17-9-19(27-13-18(17)14-28-20)12-21(32)16-3-4-26-23(11-16)31-7-5-30(2)6-8-31/h3-4,9-11,13-15H,5-8,12H2,1-2H3,(H,25,29). The number of fused-ring (bicyclic) bond motifs is 1. The van der Waals surface area contributed by atoms with Gasteiger partial charge in [-0.25, -0.2) is 9.97 Å². The molecule has 33 heavy (non-hydrogen) atoms. The lowest BCUT2D eigenvalue weighted by Gasteiger charge is -2.33. The second-order valence-corrected chi connectivity index (χ2v) is 9.20. The summed E-state index contributed by atoms with van der Waals surface area (Å²) in [5, 5.41) is 5.84. The van der Waals surface area contributed by atoms with Crippen molar-refractivity contribution in [2.75, 3.05) is 50.5 Å². The molecule has 0 unspecified atom stereocenters. The van der Waals surface area contributed by atoms with Crippen molar-refractivity contribution in [1.29, 1.82) is 0 Å². The number of hydrogen-bond donors (Lipinski definition) is 1. The summed E-state index contributed by atoms with van der Waals surface area (Å²) in [6, 6.07) is 7.69. The minimum Gasteiger partial charge on any atom is -0.365 e. The van der Waals surface area contributed by atoms with Crippen molar-refractivity contribution in [2.24, 2.45) is 0 Å². The first-order valence-electron chi connectivity index (χ1n) is 10.9. The maximum absolute atomic E-state index is 13.0. The normalized spacial score (nSPS) is 14.5. The number of aromatic nitrogens is 4. The SMILES string of the molecule is CNc1ncc(-c2cc3cc(CC(=O)c4ccnc(N5CCN(C)CC5)c4)ncc3cn2)s1. The molecule has 0 aromatic carbocycles. The lowest BCUT2D eigenvalue weighted by atomic mass is 10.1. The molecule has 0 amide bonds. The summed E-state index contributed by atoms with van der Waals surface area (Å²) in [5.74, 6) is 0.900. The van der Waals surface area contributed by atoms with E-state index >= 15 is 0 Å². The highest BCUT2D eigenvalue weighted by Crippen LogP contribution is 2.29. The third-order valence-electron chi connectivity index (χ3n) is 5.87. The minimum absolute atomic E-state index is 0.0371. The highest BCUT2D eigenvalue weighted by atomic mass is 32.1. The van der Waals surface area contributed by atoms with Gasteiger partial charge in [-0.3, -0.25) is 14.8 Å². The first kappa shape index (κ1) is 21.4. The molecule has 0 spiro atoms. The Morgan fingerprint density at radius 3 is 2.61 bits per heavy atom. The second kappa shape index (κ2) is 9.21. The van der Waals surface area contributed by atoms with Crippen molar-refractivity contribution < 1.29 is 4.79 Å². The number of thiazole rings is 1. The van der Waals surface area contributed by atoms with Crippen LogP contribution in [0.3, 0.4) is 0 Å². The van der Waals surface area contributed by atoms with Gasteiger partial charge in [-0.15, -0.1) is 0 Å². The monoisotopic (exact) mass is 459 g/mol. The fraction of sp³-hybridized carbons (Fsp3) is 0.292. The summed E-state index contributed by atoms with van der Waals surface area (Å²) < 4.78 is 0. The highest BCUT2D eigenvalue weighted by molar-refractivity contribution is 7.18. The predicted octanol–water partition coefficient (Wildman–Crippen LogP) is 3.37. The van der Waals surface area contributed by atoms with Gasteiger partial charge in [0.15, 0.2) is 10.9 Å². The van der Waals surface area contributed by atoms with Crippen LogP contribution in [-0.4, -0.2) is 70.9 Å². The van der Waals surface area contributed by atoms with E-state index in [4.69, 9.17) is 0 Å². The number of rotatable bonds is 6. The maximum atomic E-state index is 13.0. The minimum atomic E-state index is 0.0371. The van der Waals surface area contributed by atoms with Gasteiger partial charge in [0.2, 0.25) is 0 Å². The second-order valence-electron chi connectivity index (χ2n) is 8.16. The van der Waals surface area contributed by atoms with E-state index in [0.717, 1.165) is 64.2 Å². The van der Waals surface area contributed by atoms with Crippen LogP contribution in [0.2, 0.25) is 0 Å². The van der Waals surface area contributed by atoms with Gasteiger partial charge < -0.3 is 15.1 Å². The smallest absolute Gasteiger partial charge is 0.182 e. The van der Waals surface area contributed by atoms with E-state index in [9.17, 15) is 4.79 Å². The summed E-state index contributed by atoms with van der Waals surface area (Å²) in [5.41, 5.74) is 2.26. The van der Waals surface area contributed by atoms with Crippen molar-refractivity contribution in [1.82, 2.24) is 24.8 Å². The molecule has 5 heterocycles. The van der Waals surface area contributed by atoms with Crippen molar-refractivity contribution in [3.05, 3.63) is 60.3 Å². The van der Waals surface area contributed by atoms with Crippen LogP contribution in [0.5, 0.6) is 0 Å². The van der Waals surface area contributed by atoms with Crippen LogP contribution in [0, 0.1) is 0 Å². The molecule has 1 aliphatic rings. The van der Waals surface area contributed by atoms with Crippen LogP contribution in [0.25, 0.3) is 21.3 Å². The van der Waals surface area contributed by atoms with E-state index in [2.05, 4.69) is 42.1 Å². The van der Waals surface area contributed by atoms with E-state index in [0.29, 0.717) is 5.56 Å². The Kier molecular flexibility index (Phi) is 5.97. The van der Waals surface area contributed by atoms with E-state index in [1.54, 1.807) is 29.8 Å². The molecular formula is C24H25N7OS. The zero-order chi connectivity index (χ0) is 22.8. The number of hydrogen-bond acceptors (Lipinski definition) is 9. The average molecular weight is 460 g/mol. The topological polar surface area (TPSA) is 87.1 Å². The van der Waals surface area contributed by atoms with Crippen molar-refractivity contribution in [2.45, 2.75) is 6.42 Å². The van der Waals surface area contributed by atoms with Crippen LogP contribution in [0.4, 0.5) is 10.9 Å². The lowest BCUT2D eigenvalue weighted by Crippen LogP contribution is -2.44. The molecule has 5 rings (SSSR count). The number of nitrogens with zero attached hydrogens (tertiary/aromatic N) is 6. The highest BCUT2D eigenvalue weighted by Gasteiger charge is 2.17. The number of ketones is 1. The van der Waals surface area contributed by atoms with Crippen LogP contribution in [0.1, 0.15) is 16.1 Å². The molecule has 1 fully saturated rings. The Morgan fingerprint density at radius 2 is 1.82 bits per heavy atom. The van der Waals surface area contributed by atoms with Gasteiger partial charge in [0.1, 0.15) is 5.82 Å². The molecule has 168 valence electrons. The number of likely N-dealkylation sites (N-methyl/N-ethyl adjacent to an activating group) is 1. The third kappa shape index (κ3) is 4.69. The van der Waals surface area contributed by atoms with E-state index < -0.39 is 0 Å². The molecule has 0 radical (unpaired) electrons. The molecule has 4 aromatic rings. The Bertz CT molecular complexity index is 1300. The number of anilines is 2. The number of pyridine rings is 3. The number of carbonyl (C=O) groups excluding carboxylic acids is 1. The van der Waals surface area contributed by atoms with Gasteiger partial charge in [0.25, 0.3) is 0 Å². The molecule has 0 saturated carbocycles. The van der Waals surface area contributed by atoms with Gasteiger partial charge in [-0.1, -0.05) is 11.3 Å². The third-order valence-corrected chi connectivity index (χ3v) is 6.91. The van der Waals surface area contributed by atoms with Crippen LogP contribution in [-0.2, 0) is 6.42 Å². The first-order chi connectivity index (χ1) is 16.1. The van der Waals surface area contributed by atoms with Crippen LogP contribution < -0.4 is 10.2 Å². The molecule has 1 aliphatic heterocycles. The van der Waals surface area contributed by atoms with Crippen molar-refractivity contribution >= 4 is 38.8 Å². The maximum Gasteiger partial charge on any atom is 0.182 e. The quantitative estimate of drug-likeness (QED) is 0.439. The van der Waals surface area contributed by atoms with Crippen LogP contribution >= 0.6 is 11.3 Å². The lowest BCUT2D eigenvalue weighted by molar-refractivity contribution is 0.0992. The molecule has 0 aliphatic carbocycles.